The molecular formula is C17H25N5O2S. The normalized spacial score (nSPS) is 17.2. The van der Waals surface area contributed by atoms with Crippen LogP contribution in [-0.2, 0) is 11.2 Å². The van der Waals surface area contributed by atoms with Crippen molar-refractivity contribution in [3.8, 4) is 0 Å². The second-order valence-corrected chi connectivity index (χ2v) is 7.59. The second-order valence-electron chi connectivity index (χ2n) is 6.66. The smallest absolute Gasteiger partial charge is 0.227 e. The van der Waals surface area contributed by atoms with Crippen LogP contribution in [-0.4, -0.2) is 57.0 Å². The zero-order valence-electron chi connectivity index (χ0n) is 15.0. The van der Waals surface area contributed by atoms with Crippen LogP contribution in [0.25, 0.3) is 0 Å². The molecule has 0 spiro atoms. The molecule has 0 saturated carbocycles. The van der Waals surface area contributed by atoms with Gasteiger partial charge in [0.15, 0.2) is 5.82 Å². The van der Waals surface area contributed by atoms with Gasteiger partial charge in [-0.05, 0) is 6.92 Å². The molecule has 1 amide bonds. The Hall–Kier alpha value is -1.80. The maximum Gasteiger partial charge on any atom is 0.227 e. The third-order valence-corrected chi connectivity index (χ3v) is 5.52. The minimum atomic E-state index is 0.158. The highest BCUT2D eigenvalue weighted by molar-refractivity contribution is 7.09. The molecular weight excluding hydrogens is 338 g/mol. The lowest BCUT2D eigenvalue weighted by Gasteiger charge is -2.37. The number of nitrogens with zero attached hydrogens (tertiary/aromatic N) is 5. The molecule has 1 saturated heterocycles. The van der Waals surface area contributed by atoms with E-state index in [2.05, 4.69) is 26.9 Å². The summed E-state index contributed by atoms with van der Waals surface area (Å²) < 4.78 is 5.21. The molecule has 1 atom stereocenters. The molecule has 1 aliphatic heterocycles. The Morgan fingerprint density at radius 2 is 2.04 bits per heavy atom. The summed E-state index contributed by atoms with van der Waals surface area (Å²) in [6, 6.07) is 0.310. The summed E-state index contributed by atoms with van der Waals surface area (Å²) in [5, 5.41) is 7.08. The lowest BCUT2D eigenvalue weighted by Crippen LogP contribution is -2.49. The molecule has 1 unspecified atom stereocenters. The molecule has 3 heterocycles. The number of hydrogen-bond acceptors (Lipinski definition) is 7. The van der Waals surface area contributed by atoms with Gasteiger partial charge in [0.2, 0.25) is 11.8 Å². The Balaban J connectivity index is 1.45. The zero-order chi connectivity index (χ0) is 17.8. The number of rotatable bonds is 6. The van der Waals surface area contributed by atoms with Gasteiger partial charge in [0.05, 0.1) is 6.04 Å². The van der Waals surface area contributed by atoms with Crippen LogP contribution < -0.4 is 0 Å². The third-order valence-electron chi connectivity index (χ3n) is 4.58. The predicted molar refractivity (Wildman–Crippen MR) is 95.4 cm³/mol. The van der Waals surface area contributed by atoms with E-state index in [1.807, 2.05) is 30.3 Å². The minimum absolute atomic E-state index is 0.158. The molecule has 1 fully saturated rings. The van der Waals surface area contributed by atoms with E-state index in [0.717, 1.165) is 31.2 Å². The van der Waals surface area contributed by atoms with Crippen molar-refractivity contribution in [3.63, 3.8) is 0 Å². The molecule has 7 nitrogen and oxygen atoms in total. The summed E-state index contributed by atoms with van der Waals surface area (Å²) in [5.41, 5.74) is 0. The van der Waals surface area contributed by atoms with Gasteiger partial charge in [0.25, 0.3) is 0 Å². The number of aromatic nitrogens is 3. The fourth-order valence-corrected chi connectivity index (χ4v) is 3.66. The molecule has 0 radical (unpaired) electrons. The van der Waals surface area contributed by atoms with E-state index in [4.69, 9.17) is 4.52 Å². The lowest BCUT2D eigenvalue weighted by molar-refractivity contribution is -0.133. The number of hydrogen-bond donors (Lipinski definition) is 0. The Bertz CT molecular complexity index is 677. The fraction of sp³-hybridized carbons (Fsp3) is 0.647. The monoisotopic (exact) mass is 363 g/mol. The van der Waals surface area contributed by atoms with Gasteiger partial charge in [-0.25, -0.2) is 4.98 Å². The molecule has 0 aromatic carbocycles. The topological polar surface area (TPSA) is 75.4 Å². The standard InChI is InChI=1S/C17H25N5O2S/c1-12(2)16-19-14(24-20-16)4-5-15(23)22-9-7-21(8-10-22)13(3)17-18-6-11-25-17/h6,11-13H,4-5,7-10H2,1-3H3. The maximum atomic E-state index is 12.4. The van der Waals surface area contributed by atoms with Crippen LogP contribution in [0.2, 0.25) is 0 Å². The minimum Gasteiger partial charge on any atom is -0.340 e. The molecule has 0 N–H and O–H groups in total. The molecule has 0 aliphatic carbocycles. The van der Waals surface area contributed by atoms with Gasteiger partial charge in [-0.1, -0.05) is 19.0 Å². The average molecular weight is 363 g/mol. The third kappa shape index (κ3) is 4.43. The number of aryl methyl sites for hydroxylation is 1. The second kappa shape index (κ2) is 8.05. The van der Waals surface area contributed by atoms with Crippen LogP contribution in [0.3, 0.4) is 0 Å². The van der Waals surface area contributed by atoms with Gasteiger partial charge in [0, 0.05) is 56.5 Å². The first-order valence-corrected chi connectivity index (χ1v) is 9.66. The van der Waals surface area contributed by atoms with E-state index in [0.29, 0.717) is 30.6 Å². The van der Waals surface area contributed by atoms with Gasteiger partial charge in [0.1, 0.15) is 5.01 Å². The van der Waals surface area contributed by atoms with E-state index in [9.17, 15) is 4.79 Å². The van der Waals surface area contributed by atoms with Crippen LogP contribution in [0.1, 0.15) is 55.9 Å². The summed E-state index contributed by atoms with van der Waals surface area (Å²) >= 11 is 1.68. The zero-order valence-corrected chi connectivity index (χ0v) is 15.8. The van der Waals surface area contributed by atoms with Crippen molar-refractivity contribution in [2.24, 2.45) is 0 Å². The number of piperazine rings is 1. The first-order chi connectivity index (χ1) is 12.0. The number of carbonyl (C=O) groups is 1. The van der Waals surface area contributed by atoms with Crippen molar-refractivity contribution in [2.75, 3.05) is 26.2 Å². The predicted octanol–water partition coefficient (Wildman–Crippen LogP) is 2.49. The van der Waals surface area contributed by atoms with Gasteiger partial charge >= 0.3 is 0 Å². The molecule has 8 heteroatoms. The van der Waals surface area contributed by atoms with Crippen LogP contribution in [0, 0.1) is 0 Å². The first-order valence-electron chi connectivity index (χ1n) is 8.78. The summed E-state index contributed by atoms with van der Waals surface area (Å²) in [4.78, 5) is 25.5. The van der Waals surface area contributed by atoms with Crippen molar-refractivity contribution < 1.29 is 9.32 Å². The van der Waals surface area contributed by atoms with E-state index in [1.165, 1.54) is 0 Å². The Kier molecular flexibility index (Phi) is 5.80. The summed E-state index contributed by atoms with van der Waals surface area (Å²) in [5.74, 6) is 1.65. The van der Waals surface area contributed by atoms with E-state index < -0.39 is 0 Å². The maximum absolute atomic E-state index is 12.4. The van der Waals surface area contributed by atoms with Crippen molar-refractivity contribution in [1.82, 2.24) is 24.9 Å². The molecule has 136 valence electrons. The van der Waals surface area contributed by atoms with Crippen molar-refractivity contribution in [2.45, 2.75) is 45.6 Å². The molecule has 25 heavy (non-hydrogen) atoms. The molecule has 3 rings (SSSR count). The Morgan fingerprint density at radius 1 is 1.28 bits per heavy atom. The fourth-order valence-electron chi connectivity index (χ4n) is 2.93. The van der Waals surface area contributed by atoms with Crippen LogP contribution >= 0.6 is 11.3 Å². The van der Waals surface area contributed by atoms with E-state index in [1.54, 1.807) is 11.3 Å². The van der Waals surface area contributed by atoms with Gasteiger partial charge in [-0.2, -0.15) is 4.98 Å². The van der Waals surface area contributed by atoms with Gasteiger partial charge in [-0.3, -0.25) is 9.69 Å². The van der Waals surface area contributed by atoms with Crippen molar-refractivity contribution in [3.05, 3.63) is 28.3 Å². The van der Waals surface area contributed by atoms with E-state index in [-0.39, 0.29) is 11.8 Å². The first kappa shape index (κ1) is 18.0. The van der Waals surface area contributed by atoms with Crippen LogP contribution in [0.5, 0.6) is 0 Å². The van der Waals surface area contributed by atoms with Gasteiger partial charge < -0.3 is 9.42 Å². The van der Waals surface area contributed by atoms with Crippen LogP contribution in [0.4, 0.5) is 0 Å². The highest BCUT2D eigenvalue weighted by Crippen LogP contribution is 2.23. The van der Waals surface area contributed by atoms with Crippen molar-refractivity contribution >= 4 is 17.2 Å². The highest BCUT2D eigenvalue weighted by atomic mass is 32.1. The molecule has 2 aromatic rings. The van der Waals surface area contributed by atoms with Crippen molar-refractivity contribution in [1.29, 1.82) is 0 Å². The van der Waals surface area contributed by atoms with Gasteiger partial charge in [-0.15, -0.1) is 11.3 Å². The summed E-state index contributed by atoms with van der Waals surface area (Å²) in [7, 11) is 0. The van der Waals surface area contributed by atoms with Crippen LogP contribution in [0.15, 0.2) is 16.1 Å². The Labute approximate surface area is 152 Å². The summed E-state index contributed by atoms with van der Waals surface area (Å²) in [6.07, 6.45) is 2.77. The number of carbonyl (C=O) groups excluding carboxylic acids is 1. The lowest BCUT2D eigenvalue weighted by atomic mass is 10.2. The summed E-state index contributed by atoms with van der Waals surface area (Å²) in [6.45, 7) is 9.50. The number of thiazole rings is 1. The highest BCUT2D eigenvalue weighted by Gasteiger charge is 2.25. The quantitative estimate of drug-likeness (QED) is 0.785. The SMILES string of the molecule is CC(C)c1noc(CCC(=O)N2CCN(C(C)c3nccs3)CC2)n1. The average Bonchev–Trinajstić information content (AvgIpc) is 3.31. The molecule has 0 bridgehead atoms. The number of amides is 1. The van der Waals surface area contributed by atoms with E-state index >= 15 is 0 Å². The Morgan fingerprint density at radius 3 is 2.64 bits per heavy atom. The molecule has 2 aromatic heterocycles. The molecule has 1 aliphatic rings. The largest absolute Gasteiger partial charge is 0.340 e.